The summed E-state index contributed by atoms with van der Waals surface area (Å²) >= 11 is 6.06. The van der Waals surface area contributed by atoms with E-state index in [1.165, 1.54) is 0 Å². The van der Waals surface area contributed by atoms with Crippen molar-refractivity contribution in [3.8, 4) is 5.75 Å². The maximum Gasteiger partial charge on any atom is 0.258 e. The molecule has 0 aliphatic carbocycles. The number of halogens is 1. The van der Waals surface area contributed by atoms with E-state index in [4.69, 9.17) is 16.3 Å². The van der Waals surface area contributed by atoms with Crippen molar-refractivity contribution >= 4 is 17.5 Å². The lowest BCUT2D eigenvalue weighted by Crippen LogP contribution is -2.28. The van der Waals surface area contributed by atoms with Crippen molar-refractivity contribution in [2.45, 2.75) is 27.3 Å². The summed E-state index contributed by atoms with van der Waals surface area (Å²) in [5.74, 6) is 0.619. The van der Waals surface area contributed by atoms with Crippen LogP contribution >= 0.6 is 11.6 Å². The first-order valence-electron chi connectivity index (χ1n) is 7.18. The van der Waals surface area contributed by atoms with Gasteiger partial charge in [0, 0.05) is 11.6 Å². The molecule has 0 aromatic heterocycles. The molecule has 1 N–H and O–H groups in total. The molecule has 0 unspecified atom stereocenters. The summed E-state index contributed by atoms with van der Waals surface area (Å²) in [7, 11) is 0. The third kappa shape index (κ3) is 4.01. The molecule has 2 rings (SSSR count). The lowest BCUT2D eigenvalue weighted by molar-refractivity contribution is -0.123. The zero-order valence-corrected chi connectivity index (χ0v) is 13.8. The number of amides is 1. The van der Waals surface area contributed by atoms with Crippen LogP contribution in [0, 0.1) is 20.8 Å². The van der Waals surface area contributed by atoms with Gasteiger partial charge in [-0.2, -0.15) is 0 Å². The lowest BCUT2D eigenvalue weighted by atomic mass is 10.1. The minimum Gasteiger partial charge on any atom is -0.483 e. The van der Waals surface area contributed by atoms with Gasteiger partial charge in [0.25, 0.3) is 5.91 Å². The summed E-state index contributed by atoms with van der Waals surface area (Å²) < 4.78 is 5.68. The standard InChI is InChI=1S/C18H20ClNO2/c1-12-8-9-13(2)18(14(12)3)22-11-17(21)20-10-15-6-4-5-7-16(15)19/h4-9H,10-11H2,1-3H3,(H,20,21). The van der Waals surface area contributed by atoms with Crippen LogP contribution in [0.15, 0.2) is 36.4 Å². The van der Waals surface area contributed by atoms with Crippen LogP contribution in [0.2, 0.25) is 5.02 Å². The molecular weight excluding hydrogens is 298 g/mol. The second-order valence-corrected chi connectivity index (χ2v) is 5.72. The van der Waals surface area contributed by atoms with Gasteiger partial charge in [0.2, 0.25) is 0 Å². The summed E-state index contributed by atoms with van der Waals surface area (Å²) in [5, 5.41) is 3.46. The van der Waals surface area contributed by atoms with Gasteiger partial charge in [0.15, 0.2) is 6.61 Å². The third-order valence-corrected chi connectivity index (χ3v) is 4.02. The fourth-order valence-electron chi connectivity index (χ4n) is 2.17. The van der Waals surface area contributed by atoms with Crippen LogP contribution in [-0.2, 0) is 11.3 Å². The highest BCUT2D eigenvalue weighted by molar-refractivity contribution is 6.31. The number of ether oxygens (including phenoxy) is 1. The van der Waals surface area contributed by atoms with Gasteiger partial charge in [-0.15, -0.1) is 0 Å². The van der Waals surface area contributed by atoms with E-state index in [0.29, 0.717) is 11.6 Å². The van der Waals surface area contributed by atoms with Crippen molar-refractivity contribution in [1.29, 1.82) is 0 Å². The van der Waals surface area contributed by atoms with Crippen molar-refractivity contribution in [2.24, 2.45) is 0 Å². The smallest absolute Gasteiger partial charge is 0.258 e. The van der Waals surface area contributed by atoms with Crippen molar-refractivity contribution < 1.29 is 9.53 Å². The largest absolute Gasteiger partial charge is 0.483 e. The summed E-state index contributed by atoms with van der Waals surface area (Å²) in [6.07, 6.45) is 0. The number of carbonyl (C=O) groups is 1. The van der Waals surface area contributed by atoms with Gasteiger partial charge in [-0.1, -0.05) is 41.9 Å². The second kappa shape index (κ2) is 7.32. The van der Waals surface area contributed by atoms with Gasteiger partial charge in [0.1, 0.15) is 5.75 Å². The first-order valence-corrected chi connectivity index (χ1v) is 7.56. The maximum absolute atomic E-state index is 11.9. The van der Waals surface area contributed by atoms with E-state index in [0.717, 1.165) is 28.0 Å². The van der Waals surface area contributed by atoms with E-state index in [9.17, 15) is 4.79 Å². The Kier molecular flexibility index (Phi) is 5.45. The van der Waals surface area contributed by atoms with Crippen LogP contribution in [0.25, 0.3) is 0 Å². The highest BCUT2D eigenvalue weighted by Gasteiger charge is 2.09. The Bertz CT molecular complexity index is 683. The van der Waals surface area contributed by atoms with E-state index in [1.807, 2.05) is 45.0 Å². The molecule has 0 heterocycles. The fraction of sp³-hybridized carbons (Fsp3) is 0.278. The predicted octanol–water partition coefficient (Wildman–Crippen LogP) is 3.96. The van der Waals surface area contributed by atoms with Gasteiger partial charge in [0.05, 0.1) is 0 Å². The molecule has 1 amide bonds. The van der Waals surface area contributed by atoms with Crippen LogP contribution < -0.4 is 10.1 Å². The average Bonchev–Trinajstić information content (AvgIpc) is 2.50. The van der Waals surface area contributed by atoms with Crippen LogP contribution in [0.5, 0.6) is 5.75 Å². The van der Waals surface area contributed by atoms with E-state index in [1.54, 1.807) is 6.07 Å². The second-order valence-electron chi connectivity index (χ2n) is 5.31. The van der Waals surface area contributed by atoms with Gasteiger partial charge in [-0.3, -0.25) is 4.79 Å². The molecule has 0 aliphatic rings. The normalized spacial score (nSPS) is 10.4. The molecule has 0 saturated carbocycles. The molecule has 4 heteroatoms. The van der Waals surface area contributed by atoms with Crippen LogP contribution in [0.3, 0.4) is 0 Å². The first-order chi connectivity index (χ1) is 10.5. The minimum absolute atomic E-state index is 0.00438. The number of carbonyl (C=O) groups excluding carboxylic acids is 1. The molecule has 0 spiro atoms. The molecule has 2 aromatic carbocycles. The average molecular weight is 318 g/mol. The van der Waals surface area contributed by atoms with Crippen molar-refractivity contribution in [2.75, 3.05) is 6.61 Å². The van der Waals surface area contributed by atoms with E-state index < -0.39 is 0 Å². The molecule has 0 fully saturated rings. The molecule has 0 saturated heterocycles. The van der Waals surface area contributed by atoms with Crippen molar-refractivity contribution in [3.05, 3.63) is 63.7 Å². The fourth-order valence-corrected chi connectivity index (χ4v) is 2.37. The Morgan fingerprint density at radius 1 is 1.09 bits per heavy atom. The van der Waals surface area contributed by atoms with Crippen molar-refractivity contribution in [3.63, 3.8) is 0 Å². The minimum atomic E-state index is -0.166. The summed E-state index contributed by atoms with van der Waals surface area (Å²) in [6.45, 7) is 6.39. The van der Waals surface area contributed by atoms with Crippen LogP contribution in [0.4, 0.5) is 0 Å². The number of rotatable bonds is 5. The third-order valence-electron chi connectivity index (χ3n) is 3.66. The Morgan fingerprint density at radius 3 is 2.50 bits per heavy atom. The zero-order chi connectivity index (χ0) is 16.1. The molecule has 0 atom stereocenters. The van der Waals surface area contributed by atoms with Gasteiger partial charge in [-0.25, -0.2) is 0 Å². The molecular formula is C18H20ClNO2. The highest BCUT2D eigenvalue weighted by atomic mass is 35.5. The monoisotopic (exact) mass is 317 g/mol. The number of benzene rings is 2. The Labute approximate surface area is 136 Å². The number of nitrogens with one attached hydrogen (secondary N) is 1. The van der Waals surface area contributed by atoms with Gasteiger partial charge >= 0.3 is 0 Å². The molecule has 22 heavy (non-hydrogen) atoms. The number of hydrogen-bond acceptors (Lipinski definition) is 2. The quantitative estimate of drug-likeness (QED) is 0.906. The molecule has 3 nitrogen and oxygen atoms in total. The summed E-state index contributed by atoms with van der Waals surface area (Å²) in [6, 6.07) is 11.5. The van der Waals surface area contributed by atoms with Gasteiger partial charge in [-0.05, 0) is 49.1 Å². The molecule has 0 radical (unpaired) electrons. The molecule has 0 bridgehead atoms. The van der Waals surface area contributed by atoms with E-state index >= 15 is 0 Å². The Balaban J connectivity index is 1.91. The molecule has 116 valence electrons. The van der Waals surface area contributed by atoms with E-state index in [2.05, 4.69) is 11.4 Å². The van der Waals surface area contributed by atoms with Crippen LogP contribution in [0.1, 0.15) is 22.3 Å². The Morgan fingerprint density at radius 2 is 1.77 bits per heavy atom. The SMILES string of the molecule is Cc1ccc(C)c(OCC(=O)NCc2ccccc2Cl)c1C. The predicted molar refractivity (Wildman–Crippen MR) is 89.4 cm³/mol. The highest BCUT2D eigenvalue weighted by Crippen LogP contribution is 2.25. The maximum atomic E-state index is 11.9. The zero-order valence-electron chi connectivity index (χ0n) is 13.1. The van der Waals surface area contributed by atoms with Crippen LogP contribution in [-0.4, -0.2) is 12.5 Å². The summed E-state index contributed by atoms with van der Waals surface area (Å²) in [4.78, 5) is 11.9. The molecule has 2 aromatic rings. The topological polar surface area (TPSA) is 38.3 Å². The summed E-state index contributed by atoms with van der Waals surface area (Å²) in [5.41, 5.74) is 4.14. The molecule has 0 aliphatic heterocycles. The Hall–Kier alpha value is -2.00. The number of aryl methyl sites for hydroxylation is 2. The first kappa shape index (κ1) is 16.4. The van der Waals surface area contributed by atoms with E-state index in [-0.39, 0.29) is 12.5 Å². The number of hydrogen-bond donors (Lipinski definition) is 1. The lowest BCUT2D eigenvalue weighted by Gasteiger charge is -2.14. The van der Waals surface area contributed by atoms with Crippen molar-refractivity contribution in [1.82, 2.24) is 5.32 Å². The van der Waals surface area contributed by atoms with Gasteiger partial charge < -0.3 is 10.1 Å².